The molecule has 0 bridgehead atoms. The van der Waals surface area contributed by atoms with Crippen molar-refractivity contribution in [3.63, 3.8) is 0 Å². The molecule has 1 aliphatic rings. The van der Waals surface area contributed by atoms with E-state index >= 15 is 0 Å². The van der Waals surface area contributed by atoms with Crippen LogP contribution in [-0.2, 0) is 9.53 Å². The zero-order valence-electron chi connectivity index (χ0n) is 8.38. The summed E-state index contributed by atoms with van der Waals surface area (Å²) in [7, 11) is 0. The Balaban J connectivity index is 2.53. The molecule has 2 amide bonds. The molecule has 0 spiro atoms. The average molecular weight is 220 g/mol. The van der Waals surface area contributed by atoms with Crippen molar-refractivity contribution in [3.8, 4) is 0 Å². The van der Waals surface area contributed by atoms with Crippen LogP contribution in [0.25, 0.3) is 0 Å². The number of amides is 2. The summed E-state index contributed by atoms with van der Waals surface area (Å²) < 4.78 is 4.91. The van der Waals surface area contributed by atoms with Gasteiger partial charge in [-0.1, -0.05) is 0 Å². The predicted molar refractivity (Wildman–Crippen MR) is 52.2 cm³/mol. The third kappa shape index (κ3) is 2.18. The summed E-state index contributed by atoms with van der Waals surface area (Å²) >= 11 is 5.50. The molecule has 1 fully saturated rings. The molecular formula is C9H14ClNO3. The van der Waals surface area contributed by atoms with Gasteiger partial charge in [-0.3, -0.25) is 4.79 Å². The molecule has 1 saturated heterocycles. The molecule has 0 aliphatic carbocycles. The Kier molecular flexibility index (Phi) is 3.37. The van der Waals surface area contributed by atoms with Crippen LogP contribution in [0, 0.1) is 0 Å². The van der Waals surface area contributed by atoms with Crippen molar-refractivity contribution >= 4 is 23.6 Å². The van der Waals surface area contributed by atoms with Gasteiger partial charge in [-0.15, -0.1) is 11.6 Å². The third-order valence-electron chi connectivity index (χ3n) is 2.09. The van der Waals surface area contributed by atoms with E-state index in [1.807, 2.05) is 0 Å². The number of halogens is 1. The van der Waals surface area contributed by atoms with Crippen molar-refractivity contribution in [1.29, 1.82) is 0 Å². The van der Waals surface area contributed by atoms with Crippen molar-refractivity contribution in [1.82, 2.24) is 4.90 Å². The molecule has 0 aromatic carbocycles. The van der Waals surface area contributed by atoms with E-state index < -0.39 is 11.7 Å². The highest BCUT2D eigenvalue weighted by Gasteiger charge is 2.46. The number of alkyl halides is 1. The quantitative estimate of drug-likeness (QED) is 0.535. The highest BCUT2D eigenvalue weighted by atomic mass is 35.5. The van der Waals surface area contributed by atoms with Crippen LogP contribution >= 0.6 is 11.6 Å². The van der Waals surface area contributed by atoms with E-state index in [1.54, 1.807) is 13.8 Å². The van der Waals surface area contributed by atoms with Crippen LogP contribution in [0.1, 0.15) is 26.7 Å². The fraction of sp³-hybridized carbons (Fsp3) is 0.778. The minimum atomic E-state index is -1.00. The highest BCUT2D eigenvalue weighted by molar-refractivity contribution is 6.17. The number of rotatable bonds is 4. The number of ether oxygens (including phenoxy) is 1. The second-order valence-corrected chi connectivity index (χ2v) is 4.11. The molecule has 1 heterocycles. The molecule has 0 aromatic rings. The molecule has 0 aromatic heterocycles. The standard InChI is InChI=1S/C9H14ClNO3/c1-9(2)7(12)11(8(13)14-9)6-4-3-5-10/h3-6H2,1-2H3. The number of carbonyl (C=O) groups is 2. The summed E-state index contributed by atoms with van der Waals surface area (Å²) in [5.74, 6) is 0.276. The lowest BCUT2D eigenvalue weighted by Crippen LogP contribution is -2.36. The first kappa shape index (κ1) is 11.3. The van der Waals surface area contributed by atoms with Gasteiger partial charge in [-0.25, -0.2) is 9.69 Å². The van der Waals surface area contributed by atoms with Gasteiger partial charge in [0, 0.05) is 12.4 Å². The van der Waals surface area contributed by atoms with Gasteiger partial charge in [0.15, 0.2) is 5.60 Å². The van der Waals surface area contributed by atoms with E-state index in [2.05, 4.69) is 0 Å². The highest BCUT2D eigenvalue weighted by Crippen LogP contribution is 2.23. The SMILES string of the molecule is CC1(C)OC(=O)N(CCCCCl)C1=O. The molecule has 0 atom stereocenters. The van der Waals surface area contributed by atoms with Crippen molar-refractivity contribution in [2.45, 2.75) is 32.3 Å². The van der Waals surface area contributed by atoms with Crippen molar-refractivity contribution in [2.24, 2.45) is 0 Å². The van der Waals surface area contributed by atoms with Crippen LogP contribution in [-0.4, -0.2) is 34.9 Å². The number of cyclic esters (lactones) is 1. The van der Waals surface area contributed by atoms with Crippen molar-refractivity contribution in [3.05, 3.63) is 0 Å². The molecule has 0 unspecified atom stereocenters. The zero-order valence-corrected chi connectivity index (χ0v) is 9.13. The lowest BCUT2D eigenvalue weighted by molar-refractivity contribution is -0.134. The molecule has 0 saturated carbocycles. The second kappa shape index (κ2) is 4.17. The Bertz CT molecular complexity index is 252. The summed E-state index contributed by atoms with van der Waals surface area (Å²) in [6.45, 7) is 3.58. The fourth-order valence-corrected chi connectivity index (χ4v) is 1.47. The van der Waals surface area contributed by atoms with E-state index in [0.29, 0.717) is 12.4 Å². The molecule has 0 radical (unpaired) electrons. The monoisotopic (exact) mass is 219 g/mol. The first-order valence-electron chi connectivity index (χ1n) is 4.60. The number of nitrogens with zero attached hydrogens (tertiary/aromatic N) is 1. The van der Waals surface area contributed by atoms with Crippen LogP contribution in [0.4, 0.5) is 4.79 Å². The topological polar surface area (TPSA) is 46.6 Å². The largest absolute Gasteiger partial charge is 0.433 e. The van der Waals surface area contributed by atoms with Crippen molar-refractivity contribution < 1.29 is 14.3 Å². The van der Waals surface area contributed by atoms with Crippen LogP contribution in [0.15, 0.2) is 0 Å². The second-order valence-electron chi connectivity index (χ2n) is 3.73. The summed E-state index contributed by atoms with van der Waals surface area (Å²) in [4.78, 5) is 24.0. The van der Waals surface area contributed by atoms with Crippen LogP contribution in [0.3, 0.4) is 0 Å². The van der Waals surface area contributed by atoms with Gasteiger partial charge in [0.05, 0.1) is 0 Å². The normalized spacial score (nSPS) is 20.1. The fourth-order valence-electron chi connectivity index (χ4n) is 1.28. The average Bonchev–Trinajstić information content (AvgIpc) is 2.27. The Labute approximate surface area is 88.2 Å². The number of imide groups is 1. The van der Waals surface area contributed by atoms with E-state index in [0.717, 1.165) is 17.7 Å². The minimum absolute atomic E-state index is 0.267. The first-order chi connectivity index (χ1) is 6.49. The predicted octanol–water partition coefficient (Wildman–Crippen LogP) is 1.76. The van der Waals surface area contributed by atoms with Crippen LogP contribution in [0.5, 0.6) is 0 Å². The van der Waals surface area contributed by atoms with Gasteiger partial charge < -0.3 is 4.74 Å². The van der Waals surface area contributed by atoms with Gasteiger partial charge >= 0.3 is 6.09 Å². The summed E-state index contributed by atoms with van der Waals surface area (Å²) in [6.07, 6.45) is 0.967. The summed E-state index contributed by atoms with van der Waals surface area (Å²) in [6, 6.07) is 0. The van der Waals surface area contributed by atoms with E-state index in [-0.39, 0.29) is 5.91 Å². The zero-order chi connectivity index (χ0) is 10.8. The number of unbranched alkanes of at least 4 members (excludes halogenated alkanes) is 1. The summed E-state index contributed by atoms with van der Waals surface area (Å²) in [5.41, 5.74) is -1.00. The van der Waals surface area contributed by atoms with Gasteiger partial charge in [0.2, 0.25) is 0 Å². The lowest BCUT2D eigenvalue weighted by atomic mass is 10.1. The maximum Gasteiger partial charge on any atom is 0.417 e. The van der Waals surface area contributed by atoms with Gasteiger partial charge in [-0.2, -0.15) is 0 Å². The number of carbonyl (C=O) groups excluding carboxylic acids is 2. The van der Waals surface area contributed by atoms with E-state index in [1.165, 1.54) is 0 Å². The molecular weight excluding hydrogens is 206 g/mol. The molecule has 0 N–H and O–H groups in total. The molecule has 14 heavy (non-hydrogen) atoms. The first-order valence-corrected chi connectivity index (χ1v) is 5.13. The maximum absolute atomic E-state index is 11.6. The lowest BCUT2D eigenvalue weighted by Gasteiger charge is -2.13. The smallest absolute Gasteiger partial charge is 0.417 e. The van der Waals surface area contributed by atoms with Gasteiger partial charge in [0.1, 0.15) is 0 Å². The molecule has 80 valence electrons. The Morgan fingerprint density at radius 1 is 1.36 bits per heavy atom. The maximum atomic E-state index is 11.6. The van der Waals surface area contributed by atoms with Gasteiger partial charge in [0.25, 0.3) is 5.91 Å². The Morgan fingerprint density at radius 3 is 2.43 bits per heavy atom. The Hall–Kier alpha value is -0.770. The minimum Gasteiger partial charge on any atom is -0.433 e. The molecule has 1 rings (SSSR count). The molecule has 4 nitrogen and oxygen atoms in total. The van der Waals surface area contributed by atoms with E-state index in [4.69, 9.17) is 16.3 Å². The van der Waals surface area contributed by atoms with Gasteiger partial charge in [-0.05, 0) is 26.7 Å². The molecule has 5 heteroatoms. The van der Waals surface area contributed by atoms with Crippen LogP contribution in [0.2, 0.25) is 0 Å². The number of hydrogen-bond donors (Lipinski definition) is 0. The number of hydrogen-bond acceptors (Lipinski definition) is 3. The van der Waals surface area contributed by atoms with Crippen LogP contribution < -0.4 is 0 Å². The van der Waals surface area contributed by atoms with E-state index in [9.17, 15) is 9.59 Å². The molecule has 1 aliphatic heterocycles. The third-order valence-corrected chi connectivity index (χ3v) is 2.36. The summed E-state index contributed by atoms with van der Waals surface area (Å²) in [5, 5.41) is 0. The van der Waals surface area contributed by atoms with Crippen molar-refractivity contribution in [2.75, 3.05) is 12.4 Å². The Morgan fingerprint density at radius 2 is 2.00 bits per heavy atom.